The van der Waals surface area contributed by atoms with Crippen molar-refractivity contribution in [2.24, 2.45) is 0 Å². The molecule has 21 heavy (non-hydrogen) atoms. The molecule has 0 aromatic heterocycles. The highest BCUT2D eigenvalue weighted by Crippen LogP contribution is 2.27. The van der Waals surface area contributed by atoms with Crippen molar-refractivity contribution in [1.82, 2.24) is 0 Å². The Morgan fingerprint density at radius 1 is 1.19 bits per heavy atom. The zero-order valence-corrected chi connectivity index (χ0v) is 13.1. The molecule has 0 aliphatic carbocycles. The molecule has 0 unspecified atom stereocenters. The van der Waals surface area contributed by atoms with E-state index in [9.17, 15) is 8.42 Å². The second kappa shape index (κ2) is 5.83. The molecule has 2 rings (SSSR count). The van der Waals surface area contributed by atoms with E-state index in [0.29, 0.717) is 16.5 Å². The number of hydrogen-bond acceptors (Lipinski definition) is 4. The first-order valence-electron chi connectivity index (χ1n) is 6.06. The predicted molar refractivity (Wildman–Crippen MR) is 84.4 cm³/mol. The number of nitrogens with one attached hydrogen (secondary N) is 1. The molecular weight excluding hydrogens is 312 g/mol. The summed E-state index contributed by atoms with van der Waals surface area (Å²) in [6.45, 7) is 1.76. The number of rotatable bonds is 4. The molecule has 0 saturated heterocycles. The first-order chi connectivity index (χ1) is 9.83. The van der Waals surface area contributed by atoms with Crippen molar-refractivity contribution < 1.29 is 13.2 Å². The van der Waals surface area contributed by atoms with Crippen LogP contribution in [0.3, 0.4) is 0 Å². The Morgan fingerprint density at radius 2 is 1.90 bits per heavy atom. The maximum Gasteiger partial charge on any atom is 0.263 e. The molecule has 112 valence electrons. The van der Waals surface area contributed by atoms with Gasteiger partial charge in [-0.2, -0.15) is 0 Å². The van der Waals surface area contributed by atoms with Crippen LogP contribution >= 0.6 is 11.6 Å². The van der Waals surface area contributed by atoms with Gasteiger partial charge in [-0.05, 0) is 42.8 Å². The van der Waals surface area contributed by atoms with E-state index in [4.69, 9.17) is 22.1 Å². The van der Waals surface area contributed by atoms with Gasteiger partial charge >= 0.3 is 0 Å². The number of methoxy groups -OCH3 is 1. The highest BCUT2D eigenvalue weighted by molar-refractivity contribution is 7.92. The molecule has 0 aliphatic rings. The lowest BCUT2D eigenvalue weighted by molar-refractivity contribution is 0.414. The quantitative estimate of drug-likeness (QED) is 0.846. The number of benzene rings is 2. The summed E-state index contributed by atoms with van der Waals surface area (Å²) in [5, 5.41) is 0.541. The second-order valence-corrected chi connectivity index (χ2v) is 6.56. The fourth-order valence-corrected chi connectivity index (χ4v) is 3.31. The molecule has 0 fully saturated rings. The summed E-state index contributed by atoms with van der Waals surface area (Å²) in [4.78, 5) is -0.00218. The van der Waals surface area contributed by atoms with Gasteiger partial charge in [0.2, 0.25) is 0 Å². The Kier molecular flexibility index (Phi) is 4.29. The van der Waals surface area contributed by atoms with Gasteiger partial charge in [0, 0.05) is 11.1 Å². The Bertz CT molecular complexity index is 776. The number of anilines is 2. The largest absolute Gasteiger partial charge is 0.497 e. The third kappa shape index (κ3) is 3.40. The Balaban J connectivity index is 2.38. The summed E-state index contributed by atoms with van der Waals surface area (Å²) >= 11 is 5.85. The van der Waals surface area contributed by atoms with Gasteiger partial charge in [0.05, 0.1) is 18.5 Å². The lowest BCUT2D eigenvalue weighted by atomic mass is 10.2. The van der Waals surface area contributed by atoms with Gasteiger partial charge in [-0.15, -0.1) is 0 Å². The molecule has 0 atom stereocenters. The summed E-state index contributed by atoms with van der Waals surface area (Å²) in [7, 11) is -2.29. The van der Waals surface area contributed by atoms with Crippen LogP contribution in [-0.4, -0.2) is 15.5 Å². The zero-order valence-electron chi connectivity index (χ0n) is 11.6. The molecule has 5 nitrogen and oxygen atoms in total. The average molecular weight is 327 g/mol. The van der Waals surface area contributed by atoms with Crippen LogP contribution in [0.15, 0.2) is 41.3 Å². The van der Waals surface area contributed by atoms with Gasteiger partial charge in [-0.3, -0.25) is 4.72 Å². The molecule has 7 heteroatoms. The van der Waals surface area contributed by atoms with Gasteiger partial charge in [0.1, 0.15) is 10.6 Å². The molecule has 0 spiro atoms. The van der Waals surface area contributed by atoms with Crippen molar-refractivity contribution in [1.29, 1.82) is 0 Å². The number of hydrogen-bond donors (Lipinski definition) is 2. The molecule has 0 radical (unpaired) electrons. The van der Waals surface area contributed by atoms with Crippen molar-refractivity contribution in [3.05, 3.63) is 47.0 Å². The van der Waals surface area contributed by atoms with Gasteiger partial charge in [0.25, 0.3) is 10.0 Å². The van der Waals surface area contributed by atoms with Crippen molar-refractivity contribution in [2.45, 2.75) is 11.8 Å². The first-order valence-corrected chi connectivity index (χ1v) is 7.92. The number of nitrogen functional groups attached to an aromatic ring is 1. The van der Waals surface area contributed by atoms with Gasteiger partial charge in [0.15, 0.2) is 0 Å². The van der Waals surface area contributed by atoms with E-state index < -0.39 is 10.0 Å². The number of sulfonamides is 1. The summed E-state index contributed by atoms with van der Waals surface area (Å²) < 4.78 is 32.3. The number of ether oxygens (including phenoxy) is 1. The van der Waals surface area contributed by atoms with E-state index in [1.54, 1.807) is 31.2 Å². The predicted octanol–water partition coefficient (Wildman–Crippen LogP) is 3.04. The van der Waals surface area contributed by atoms with Crippen LogP contribution in [0.1, 0.15) is 5.56 Å². The highest BCUT2D eigenvalue weighted by atomic mass is 35.5. The number of aryl methyl sites for hydroxylation is 1. The maximum absolute atomic E-state index is 12.4. The van der Waals surface area contributed by atoms with Crippen molar-refractivity contribution >= 4 is 33.0 Å². The zero-order chi connectivity index (χ0) is 15.6. The first kappa shape index (κ1) is 15.5. The van der Waals surface area contributed by atoms with Gasteiger partial charge in [-0.1, -0.05) is 11.6 Å². The topological polar surface area (TPSA) is 81.4 Å². The van der Waals surface area contributed by atoms with E-state index in [1.807, 2.05) is 0 Å². The average Bonchev–Trinajstić information content (AvgIpc) is 2.41. The van der Waals surface area contributed by atoms with Crippen LogP contribution in [0.5, 0.6) is 5.75 Å². The van der Waals surface area contributed by atoms with Crippen LogP contribution in [0.2, 0.25) is 5.02 Å². The van der Waals surface area contributed by atoms with E-state index >= 15 is 0 Å². The molecule has 2 aromatic rings. The van der Waals surface area contributed by atoms with Crippen LogP contribution in [0, 0.1) is 6.92 Å². The summed E-state index contributed by atoms with van der Waals surface area (Å²) in [5.74, 6) is 0.495. The summed E-state index contributed by atoms with van der Waals surface area (Å²) in [5.41, 5.74) is 7.07. The maximum atomic E-state index is 12.4. The Labute approximate surface area is 128 Å². The SMILES string of the molecule is COc1ccc(S(=O)(=O)Nc2ccc(Cl)cc2C)c(N)c1. The fourth-order valence-electron chi connectivity index (χ4n) is 1.84. The summed E-state index contributed by atoms with van der Waals surface area (Å²) in [6.07, 6.45) is 0. The Morgan fingerprint density at radius 3 is 2.48 bits per heavy atom. The van der Waals surface area contributed by atoms with Crippen LogP contribution in [0.25, 0.3) is 0 Å². The lowest BCUT2D eigenvalue weighted by Gasteiger charge is -2.13. The minimum Gasteiger partial charge on any atom is -0.497 e. The van der Waals surface area contributed by atoms with E-state index in [1.165, 1.54) is 19.2 Å². The smallest absolute Gasteiger partial charge is 0.263 e. The molecule has 0 saturated carbocycles. The monoisotopic (exact) mass is 326 g/mol. The Hall–Kier alpha value is -1.92. The molecule has 0 aliphatic heterocycles. The summed E-state index contributed by atoms with van der Waals surface area (Å²) in [6, 6.07) is 9.31. The number of nitrogens with two attached hydrogens (primary N) is 1. The molecular formula is C14H15ClN2O3S. The van der Waals surface area contributed by atoms with Crippen molar-refractivity contribution in [3.8, 4) is 5.75 Å². The fraction of sp³-hybridized carbons (Fsp3) is 0.143. The van der Waals surface area contributed by atoms with Gasteiger partial charge in [-0.25, -0.2) is 8.42 Å². The minimum atomic E-state index is -3.78. The molecule has 3 N–H and O–H groups in total. The van der Waals surface area contributed by atoms with E-state index in [-0.39, 0.29) is 10.6 Å². The van der Waals surface area contributed by atoms with E-state index in [2.05, 4.69) is 4.72 Å². The molecule has 0 heterocycles. The normalized spacial score (nSPS) is 11.2. The minimum absolute atomic E-state index is 0.00218. The van der Waals surface area contributed by atoms with Crippen molar-refractivity contribution in [2.75, 3.05) is 17.6 Å². The van der Waals surface area contributed by atoms with Crippen molar-refractivity contribution in [3.63, 3.8) is 0 Å². The third-order valence-electron chi connectivity index (χ3n) is 2.94. The molecule has 0 bridgehead atoms. The van der Waals surface area contributed by atoms with Crippen LogP contribution in [-0.2, 0) is 10.0 Å². The lowest BCUT2D eigenvalue weighted by Crippen LogP contribution is -2.15. The van der Waals surface area contributed by atoms with Crippen LogP contribution in [0.4, 0.5) is 11.4 Å². The third-order valence-corrected chi connectivity index (χ3v) is 4.61. The highest BCUT2D eigenvalue weighted by Gasteiger charge is 2.19. The number of halogens is 1. The second-order valence-electron chi connectivity index (χ2n) is 4.47. The van der Waals surface area contributed by atoms with Crippen LogP contribution < -0.4 is 15.2 Å². The van der Waals surface area contributed by atoms with E-state index in [0.717, 1.165) is 5.56 Å². The molecule has 2 aromatic carbocycles. The standard InChI is InChI=1S/C14H15ClN2O3S/c1-9-7-10(15)3-5-13(9)17-21(18,19)14-6-4-11(20-2)8-12(14)16/h3-8,17H,16H2,1-2H3. The molecule has 0 amide bonds. The van der Waals surface area contributed by atoms with Gasteiger partial charge < -0.3 is 10.5 Å².